The van der Waals surface area contributed by atoms with E-state index in [1.54, 1.807) is 0 Å². The lowest BCUT2D eigenvalue weighted by Crippen LogP contribution is -2.36. The van der Waals surface area contributed by atoms with Crippen molar-refractivity contribution >= 4 is 11.7 Å². The Morgan fingerprint density at radius 1 is 1.29 bits per heavy atom. The molecular weight excluding hydrogens is 218 g/mol. The van der Waals surface area contributed by atoms with Gasteiger partial charge in [-0.1, -0.05) is 6.92 Å². The van der Waals surface area contributed by atoms with Crippen LogP contribution in [-0.4, -0.2) is 28.8 Å². The molecule has 5 heteroatoms. The molecule has 2 heterocycles. The molecule has 0 atom stereocenters. The molecule has 0 aliphatic carbocycles. The molecule has 0 amide bonds. The van der Waals surface area contributed by atoms with E-state index in [0.29, 0.717) is 38.3 Å². The quantitative estimate of drug-likeness (QED) is 0.823. The number of Topliss-reactive ketones (excluding diaryl/α,β-unsaturated/α-hetero) is 1. The van der Waals surface area contributed by atoms with Crippen molar-refractivity contribution in [3.63, 3.8) is 0 Å². The Morgan fingerprint density at radius 3 is 2.47 bits per heavy atom. The fourth-order valence-corrected chi connectivity index (χ4v) is 2.13. The fraction of sp³-hybridized carbons (Fsp3) is 0.583. The van der Waals surface area contributed by atoms with E-state index in [1.165, 1.54) is 0 Å². The van der Waals surface area contributed by atoms with Crippen LogP contribution in [0, 0.1) is 6.92 Å². The van der Waals surface area contributed by atoms with E-state index >= 15 is 0 Å². The monoisotopic (exact) mass is 235 g/mol. The third kappa shape index (κ3) is 2.38. The highest BCUT2D eigenvalue weighted by Crippen LogP contribution is 2.13. The number of hydrogen-bond donors (Lipinski definition) is 1. The third-order valence-electron chi connectivity index (χ3n) is 3.18. The molecule has 92 valence electrons. The number of nitrogens with zero attached hydrogens (tertiary/aromatic N) is 2. The van der Waals surface area contributed by atoms with E-state index < -0.39 is 0 Å². The third-order valence-corrected chi connectivity index (χ3v) is 3.18. The van der Waals surface area contributed by atoms with Gasteiger partial charge < -0.3 is 4.90 Å². The summed E-state index contributed by atoms with van der Waals surface area (Å²) in [6.07, 6.45) is 1.77. The summed E-state index contributed by atoms with van der Waals surface area (Å²) in [6, 6.07) is 0. The van der Waals surface area contributed by atoms with E-state index in [-0.39, 0.29) is 11.3 Å². The van der Waals surface area contributed by atoms with Crippen LogP contribution in [0.5, 0.6) is 0 Å². The summed E-state index contributed by atoms with van der Waals surface area (Å²) < 4.78 is 0. The van der Waals surface area contributed by atoms with Gasteiger partial charge >= 0.3 is 0 Å². The van der Waals surface area contributed by atoms with E-state index in [2.05, 4.69) is 9.97 Å². The molecule has 0 unspecified atom stereocenters. The van der Waals surface area contributed by atoms with Crippen molar-refractivity contribution in [1.29, 1.82) is 0 Å². The van der Waals surface area contributed by atoms with Crippen LogP contribution >= 0.6 is 0 Å². The van der Waals surface area contributed by atoms with Gasteiger partial charge in [-0.15, -0.1) is 0 Å². The number of nitrogens with one attached hydrogen (secondary N) is 1. The Kier molecular flexibility index (Phi) is 3.26. The predicted molar refractivity (Wildman–Crippen MR) is 65.4 cm³/mol. The number of carbonyl (C=O) groups excluding carboxylic acids is 1. The summed E-state index contributed by atoms with van der Waals surface area (Å²) in [6.45, 7) is 5.09. The number of aromatic amines is 1. The molecule has 1 aliphatic rings. The Balaban J connectivity index is 2.28. The number of hydrogen-bond acceptors (Lipinski definition) is 4. The number of aromatic nitrogens is 2. The highest BCUT2D eigenvalue weighted by molar-refractivity contribution is 5.80. The minimum atomic E-state index is -0.0631. The van der Waals surface area contributed by atoms with Crippen LogP contribution in [-0.2, 0) is 11.2 Å². The molecule has 1 aromatic rings. The molecule has 5 nitrogen and oxygen atoms in total. The predicted octanol–water partition coefficient (Wildman–Crippen LogP) is 0.810. The zero-order valence-corrected chi connectivity index (χ0v) is 10.2. The first-order chi connectivity index (χ1) is 8.11. The topological polar surface area (TPSA) is 66.1 Å². The molecule has 17 heavy (non-hydrogen) atoms. The van der Waals surface area contributed by atoms with E-state index in [1.807, 2.05) is 18.7 Å². The average molecular weight is 235 g/mol. The number of rotatable bonds is 2. The van der Waals surface area contributed by atoms with Crippen molar-refractivity contribution in [2.75, 3.05) is 18.0 Å². The second-order valence-corrected chi connectivity index (χ2v) is 4.33. The van der Waals surface area contributed by atoms with Crippen molar-refractivity contribution in [3.8, 4) is 0 Å². The molecule has 0 aromatic carbocycles. The molecule has 1 aliphatic heterocycles. The highest BCUT2D eigenvalue weighted by atomic mass is 16.1. The lowest BCUT2D eigenvalue weighted by Gasteiger charge is -2.26. The van der Waals surface area contributed by atoms with Crippen molar-refractivity contribution < 1.29 is 4.79 Å². The summed E-state index contributed by atoms with van der Waals surface area (Å²) in [5.41, 5.74) is 1.46. The number of carbonyl (C=O) groups is 1. The normalized spacial score (nSPS) is 16.4. The highest BCUT2D eigenvalue weighted by Gasteiger charge is 2.19. The average Bonchev–Trinajstić information content (AvgIpc) is 2.29. The fourth-order valence-electron chi connectivity index (χ4n) is 2.13. The molecule has 0 saturated carbocycles. The van der Waals surface area contributed by atoms with Crippen LogP contribution in [0.4, 0.5) is 5.95 Å². The maximum absolute atomic E-state index is 11.8. The molecule has 0 bridgehead atoms. The Morgan fingerprint density at radius 2 is 1.94 bits per heavy atom. The van der Waals surface area contributed by atoms with Crippen LogP contribution in [0.25, 0.3) is 0 Å². The van der Waals surface area contributed by atoms with Crippen molar-refractivity contribution in [1.82, 2.24) is 9.97 Å². The van der Waals surface area contributed by atoms with Gasteiger partial charge in [0.1, 0.15) is 5.78 Å². The standard InChI is InChI=1S/C12H17N3O2/c1-3-10-8(2)13-12(14-11(10)17)15-6-4-9(16)5-7-15/h3-7H2,1-2H3,(H,13,14,17). The summed E-state index contributed by atoms with van der Waals surface area (Å²) in [5, 5.41) is 0. The number of aryl methyl sites for hydroxylation is 1. The van der Waals surface area contributed by atoms with E-state index in [4.69, 9.17) is 0 Å². The van der Waals surface area contributed by atoms with Gasteiger partial charge in [-0.3, -0.25) is 14.6 Å². The maximum atomic E-state index is 11.8. The summed E-state index contributed by atoms with van der Waals surface area (Å²) in [4.78, 5) is 32.1. The maximum Gasteiger partial charge on any atom is 0.255 e. The van der Waals surface area contributed by atoms with Crippen LogP contribution in [0.2, 0.25) is 0 Å². The van der Waals surface area contributed by atoms with Crippen molar-refractivity contribution in [2.45, 2.75) is 33.1 Å². The zero-order valence-electron chi connectivity index (χ0n) is 10.2. The Labute approximate surface area is 99.9 Å². The van der Waals surface area contributed by atoms with Crippen LogP contribution in [0.1, 0.15) is 31.0 Å². The second kappa shape index (κ2) is 4.69. The van der Waals surface area contributed by atoms with Gasteiger partial charge in [0.15, 0.2) is 0 Å². The molecule has 1 N–H and O–H groups in total. The number of piperidine rings is 1. The van der Waals surface area contributed by atoms with Gasteiger partial charge in [-0.2, -0.15) is 0 Å². The number of ketones is 1. The van der Waals surface area contributed by atoms with Crippen LogP contribution in [0.3, 0.4) is 0 Å². The first-order valence-electron chi connectivity index (χ1n) is 5.98. The molecule has 1 aromatic heterocycles. The molecule has 0 spiro atoms. The summed E-state index contributed by atoms with van der Waals surface area (Å²) >= 11 is 0. The molecule has 1 fully saturated rings. The molecule has 1 saturated heterocycles. The van der Waals surface area contributed by atoms with Crippen molar-refractivity contribution in [2.24, 2.45) is 0 Å². The SMILES string of the molecule is CCc1c(C)nc(N2CCC(=O)CC2)[nH]c1=O. The lowest BCUT2D eigenvalue weighted by atomic mass is 10.1. The molecule has 0 radical (unpaired) electrons. The van der Waals surface area contributed by atoms with Gasteiger partial charge in [0, 0.05) is 37.2 Å². The molecule has 2 rings (SSSR count). The minimum Gasteiger partial charge on any atom is -0.341 e. The zero-order chi connectivity index (χ0) is 12.4. The van der Waals surface area contributed by atoms with Gasteiger partial charge in [-0.25, -0.2) is 4.98 Å². The van der Waals surface area contributed by atoms with Gasteiger partial charge in [-0.05, 0) is 13.3 Å². The Bertz CT molecular complexity index is 483. The largest absolute Gasteiger partial charge is 0.341 e. The first-order valence-corrected chi connectivity index (χ1v) is 5.98. The van der Waals surface area contributed by atoms with Gasteiger partial charge in [0.05, 0.1) is 0 Å². The minimum absolute atomic E-state index is 0.0631. The number of H-pyrrole nitrogens is 1. The molecular formula is C12H17N3O2. The summed E-state index contributed by atoms with van der Waals surface area (Å²) in [7, 11) is 0. The van der Waals surface area contributed by atoms with Crippen molar-refractivity contribution in [3.05, 3.63) is 21.6 Å². The Hall–Kier alpha value is -1.65. The lowest BCUT2D eigenvalue weighted by molar-refractivity contribution is -0.119. The van der Waals surface area contributed by atoms with Crippen LogP contribution < -0.4 is 10.5 Å². The van der Waals surface area contributed by atoms with E-state index in [0.717, 1.165) is 11.3 Å². The van der Waals surface area contributed by atoms with E-state index in [9.17, 15) is 9.59 Å². The summed E-state index contributed by atoms with van der Waals surface area (Å²) in [5.74, 6) is 0.877. The van der Waals surface area contributed by atoms with Gasteiger partial charge in [0.2, 0.25) is 5.95 Å². The second-order valence-electron chi connectivity index (χ2n) is 4.33. The smallest absolute Gasteiger partial charge is 0.255 e. The number of anilines is 1. The van der Waals surface area contributed by atoms with Crippen LogP contribution in [0.15, 0.2) is 4.79 Å². The first kappa shape index (κ1) is 11.8. The van der Waals surface area contributed by atoms with Gasteiger partial charge in [0.25, 0.3) is 5.56 Å².